The summed E-state index contributed by atoms with van der Waals surface area (Å²) in [7, 11) is 0. The summed E-state index contributed by atoms with van der Waals surface area (Å²) in [5.41, 5.74) is 6.15. The second-order valence-corrected chi connectivity index (χ2v) is 4.14. The molecule has 1 amide bonds. The minimum atomic E-state index is -0.342. The maximum absolute atomic E-state index is 11.6. The number of amides is 1. The highest BCUT2D eigenvalue weighted by Gasteiger charge is 2.31. The topological polar surface area (TPSA) is 67.6 Å². The van der Waals surface area contributed by atoms with Crippen molar-refractivity contribution >= 4 is 29.1 Å². The van der Waals surface area contributed by atoms with Gasteiger partial charge in [-0.05, 0) is 24.4 Å². The van der Waals surface area contributed by atoms with E-state index in [0.29, 0.717) is 13.1 Å². The van der Waals surface area contributed by atoms with E-state index < -0.39 is 0 Å². The lowest BCUT2D eigenvalue weighted by Gasteiger charge is -2.12. The maximum Gasteiger partial charge on any atom is 0.414 e. The number of benzene rings is 1. The smallest absolute Gasteiger partial charge is 0.414 e. The summed E-state index contributed by atoms with van der Waals surface area (Å²) in [6.07, 6.45) is -0.574. The molecule has 6 heteroatoms. The summed E-state index contributed by atoms with van der Waals surface area (Å²) < 4.78 is 5.19. The Bertz CT molecular complexity index is 424. The van der Waals surface area contributed by atoms with Gasteiger partial charge < -0.3 is 15.8 Å². The molecule has 5 nitrogen and oxygen atoms in total. The van der Waals surface area contributed by atoms with E-state index in [1.165, 1.54) is 0 Å². The van der Waals surface area contributed by atoms with Crippen LogP contribution in [0.15, 0.2) is 30.3 Å². The van der Waals surface area contributed by atoms with Gasteiger partial charge in [0.2, 0.25) is 0 Å². The van der Waals surface area contributed by atoms with Crippen LogP contribution in [0.4, 0.5) is 10.5 Å². The van der Waals surface area contributed by atoms with Gasteiger partial charge in [0.25, 0.3) is 0 Å². The Labute approximate surface area is 105 Å². The first kappa shape index (κ1) is 11.7. The molecule has 1 aromatic carbocycles. The number of nitrogens with two attached hydrogens (primary N) is 1. The molecule has 0 bridgehead atoms. The molecule has 90 valence electrons. The Morgan fingerprint density at radius 1 is 1.53 bits per heavy atom. The van der Waals surface area contributed by atoms with Crippen molar-refractivity contribution in [2.45, 2.75) is 6.10 Å². The van der Waals surface area contributed by atoms with Gasteiger partial charge >= 0.3 is 6.09 Å². The van der Waals surface area contributed by atoms with E-state index in [1.807, 2.05) is 30.3 Å². The van der Waals surface area contributed by atoms with Gasteiger partial charge in [-0.2, -0.15) is 0 Å². The molecule has 0 saturated carbocycles. The predicted octanol–water partition coefficient (Wildman–Crippen LogP) is 0.845. The zero-order valence-corrected chi connectivity index (χ0v) is 9.94. The number of anilines is 1. The highest BCUT2D eigenvalue weighted by Crippen LogP contribution is 2.20. The molecule has 1 saturated heterocycles. The summed E-state index contributed by atoms with van der Waals surface area (Å²) in [5.74, 6) is 0. The summed E-state index contributed by atoms with van der Waals surface area (Å²) in [6.45, 7) is 0.933. The molecular formula is C11H13N3O2S. The molecule has 17 heavy (non-hydrogen) atoms. The second-order valence-electron chi connectivity index (χ2n) is 3.70. The Balaban J connectivity index is 1.98. The quantitative estimate of drug-likeness (QED) is 0.779. The number of para-hydroxylation sites is 1. The van der Waals surface area contributed by atoms with E-state index in [9.17, 15) is 4.79 Å². The average molecular weight is 251 g/mol. The van der Waals surface area contributed by atoms with Crippen LogP contribution in [0.5, 0.6) is 0 Å². The third-order valence-electron chi connectivity index (χ3n) is 2.45. The lowest BCUT2D eigenvalue weighted by Crippen LogP contribution is -2.37. The predicted molar refractivity (Wildman–Crippen MR) is 68.8 cm³/mol. The third kappa shape index (κ3) is 2.85. The lowest BCUT2D eigenvalue weighted by molar-refractivity contribution is 0.143. The van der Waals surface area contributed by atoms with Crippen LogP contribution in [-0.4, -0.2) is 30.4 Å². The number of nitrogens with one attached hydrogen (secondary N) is 1. The van der Waals surface area contributed by atoms with Crippen molar-refractivity contribution in [1.82, 2.24) is 5.32 Å². The summed E-state index contributed by atoms with van der Waals surface area (Å²) in [6, 6.07) is 9.39. The number of nitrogens with zero attached hydrogens (tertiary/aromatic N) is 1. The summed E-state index contributed by atoms with van der Waals surface area (Å²) in [4.78, 5) is 13.2. The Morgan fingerprint density at radius 3 is 2.88 bits per heavy atom. The average Bonchev–Trinajstić information content (AvgIpc) is 2.69. The fourth-order valence-corrected chi connectivity index (χ4v) is 1.74. The summed E-state index contributed by atoms with van der Waals surface area (Å²) in [5, 5.41) is 2.99. The molecule has 1 aliphatic heterocycles. The largest absolute Gasteiger partial charge is 0.442 e. The SMILES string of the molecule is NC(=S)NC[C@H]1CN(c2ccccc2)C(=O)O1. The van der Waals surface area contributed by atoms with Crippen molar-refractivity contribution in [2.75, 3.05) is 18.0 Å². The van der Waals surface area contributed by atoms with Crippen LogP contribution in [0.1, 0.15) is 0 Å². The van der Waals surface area contributed by atoms with Crippen LogP contribution in [-0.2, 0) is 4.74 Å². The molecule has 1 aliphatic rings. The zero-order chi connectivity index (χ0) is 12.3. The maximum atomic E-state index is 11.6. The van der Waals surface area contributed by atoms with Crippen molar-refractivity contribution in [3.63, 3.8) is 0 Å². The summed E-state index contributed by atoms with van der Waals surface area (Å²) >= 11 is 4.70. The van der Waals surface area contributed by atoms with Gasteiger partial charge in [-0.1, -0.05) is 18.2 Å². The van der Waals surface area contributed by atoms with E-state index >= 15 is 0 Å². The lowest BCUT2D eigenvalue weighted by atomic mass is 10.3. The molecule has 1 heterocycles. The van der Waals surface area contributed by atoms with Crippen molar-refractivity contribution in [3.05, 3.63) is 30.3 Å². The van der Waals surface area contributed by atoms with E-state index in [4.69, 9.17) is 22.7 Å². The van der Waals surface area contributed by atoms with Gasteiger partial charge in [0, 0.05) is 5.69 Å². The molecule has 3 N–H and O–H groups in total. The number of carbonyl (C=O) groups excluding carboxylic acids is 1. The minimum absolute atomic E-state index is 0.208. The fraction of sp³-hybridized carbons (Fsp3) is 0.273. The van der Waals surface area contributed by atoms with Crippen molar-refractivity contribution in [2.24, 2.45) is 5.73 Å². The molecule has 1 fully saturated rings. The first-order chi connectivity index (χ1) is 8.16. The molecule has 1 atom stereocenters. The number of cyclic esters (lactones) is 1. The highest BCUT2D eigenvalue weighted by molar-refractivity contribution is 7.80. The first-order valence-electron chi connectivity index (χ1n) is 5.23. The molecule has 0 radical (unpaired) electrons. The van der Waals surface area contributed by atoms with Crippen LogP contribution >= 0.6 is 12.2 Å². The van der Waals surface area contributed by atoms with Crippen molar-refractivity contribution in [1.29, 1.82) is 0 Å². The van der Waals surface area contributed by atoms with Gasteiger partial charge in [0.15, 0.2) is 5.11 Å². The Hall–Kier alpha value is -1.82. The minimum Gasteiger partial charge on any atom is -0.442 e. The molecule has 0 aliphatic carbocycles. The van der Waals surface area contributed by atoms with Crippen LogP contribution in [0.2, 0.25) is 0 Å². The van der Waals surface area contributed by atoms with E-state index in [0.717, 1.165) is 5.69 Å². The van der Waals surface area contributed by atoms with Crippen LogP contribution < -0.4 is 16.0 Å². The third-order valence-corrected chi connectivity index (χ3v) is 2.59. The van der Waals surface area contributed by atoms with Gasteiger partial charge in [-0.3, -0.25) is 4.90 Å². The normalized spacial score (nSPS) is 18.9. The highest BCUT2D eigenvalue weighted by atomic mass is 32.1. The standard InChI is InChI=1S/C11H13N3O2S/c12-10(17)13-6-9-7-14(11(15)16-9)8-4-2-1-3-5-8/h1-5,9H,6-7H2,(H3,12,13,17)/t9-/m0/s1. The molecule has 2 rings (SSSR count). The number of hydrogen-bond donors (Lipinski definition) is 2. The molecule has 1 aromatic rings. The molecular weight excluding hydrogens is 238 g/mol. The Morgan fingerprint density at radius 2 is 2.24 bits per heavy atom. The monoisotopic (exact) mass is 251 g/mol. The Kier molecular flexibility index (Phi) is 3.43. The zero-order valence-electron chi connectivity index (χ0n) is 9.13. The number of hydrogen-bond acceptors (Lipinski definition) is 3. The van der Waals surface area contributed by atoms with Gasteiger partial charge in [0.05, 0.1) is 13.1 Å². The molecule has 0 unspecified atom stereocenters. The van der Waals surface area contributed by atoms with E-state index in [2.05, 4.69) is 5.32 Å². The fourth-order valence-electron chi connectivity index (χ4n) is 1.66. The number of rotatable bonds is 3. The van der Waals surface area contributed by atoms with Crippen molar-refractivity contribution in [3.8, 4) is 0 Å². The van der Waals surface area contributed by atoms with Crippen LogP contribution in [0.25, 0.3) is 0 Å². The second kappa shape index (κ2) is 5.01. The van der Waals surface area contributed by atoms with Crippen molar-refractivity contribution < 1.29 is 9.53 Å². The number of thiocarbonyl (C=S) groups is 1. The van der Waals surface area contributed by atoms with Gasteiger partial charge in [0.1, 0.15) is 6.10 Å². The van der Waals surface area contributed by atoms with Crippen LogP contribution in [0.3, 0.4) is 0 Å². The molecule has 0 spiro atoms. The van der Waals surface area contributed by atoms with E-state index in [-0.39, 0.29) is 17.3 Å². The number of carbonyl (C=O) groups is 1. The number of ether oxygens (including phenoxy) is 1. The van der Waals surface area contributed by atoms with E-state index in [1.54, 1.807) is 4.90 Å². The van der Waals surface area contributed by atoms with Crippen LogP contribution in [0, 0.1) is 0 Å². The molecule has 0 aromatic heterocycles. The first-order valence-corrected chi connectivity index (χ1v) is 5.64. The van der Waals surface area contributed by atoms with Gasteiger partial charge in [-0.25, -0.2) is 4.79 Å². The van der Waals surface area contributed by atoms with Gasteiger partial charge in [-0.15, -0.1) is 0 Å².